The fraction of sp³-hybridized carbons (Fsp3) is 0.636. The van der Waals surface area contributed by atoms with Gasteiger partial charge in [-0.3, -0.25) is 0 Å². The highest BCUT2D eigenvalue weighted by molar-refractivity contribution is 5.36. The van der Waals surface area contributed by atoms with Crippen LogP contribution in [0, 0.1) is 0 Å². The molecule has 0 aliphatic rings. The molecule has 4 nitrogen and oxygen atoms in total. The summed E-state index contributed by atoms with van der Waals surface area (Å²) in [6.07, 6.45) is 3.77. The van der Waals surface area contributed by atoms with Crippen LogP contribution in [0.3, 0.4) is 0 Å². The summed E-state index contributed by atoms with van der Waals surface area (Å²) in [6.45, 7) is 7.15. The summed E-state index contributed by atoms with van der Waals surface area (Å²) >= 11 is 0. The molecule has 0 bridgehead atoms. The SMILES string of the molecule is CCCNc1cc(OC(C)CC)ncn1. The number of hydrogen-bond donors (Lipinski definition) is 1. The predicted molar refractivity (Wildman–Crippen MR) is 61.2 cm³/mol. The lowest BCUT2D eigenvalue weighted by molar-refractivity contribution is 0.208. The van der Waals surface area contributed by atoms with Crippen molar-refractivity contribution in [2.75, 3.05) is 11.9 Å². The molecule has 1 N–H and O–H groups in total. The quantitative estimate of drug-likeness (QED) is 0.781. The second-order valence-electron chi connectivity index (χ2n) is 3.50. The van der Waals surface area contributed by atoms with Gasteiger partial charge >= 0.3 is 0 Å². The van der Waals surface area contributed by atoms with Crippen LogP contribution in [0.4, 0.5) is 5.82 Å². The molecule has 0 saturated heterocycles. The molecule has 1 atom stereocenters. The van der Waals surface area contributed by atoms with Crippen LogP contribution >= 0.6 is 0 Å². The van der Waals surface area contributed by atoms with E-state index in [0.29, 0.717) is 5.88 Å². The Hall–Kier alpha value is -1.32. The lowest BCUT2D eigenvalue weighted by Gasteiger charge is -2.12. The molecule has 0 fully saturated rings. The zero-order valence-corrected chi connectivity index (χ0v) is 9.66. The second kappa shape index (κ2) is 6.22. The molecule has 0 saturated carbocycles. The molecule has 0 aliphatic heterocycles. The Morgan fingerprint density at radius 3 is 2.87 bits per heavy atom. The van der Waals surface area contributed by atoms with Gasteiger partial charge in [-0.25, -0.2) is 9.97 Å². The van der Waals surface area contributed by atoms with Crippen molar-refractivity contribution >= 4 is 5.82 Å². The number of rotatable bonds is 6. The van der Waals surface area contributed by atoms with Gasteiger partial charge in [0.05, 0.1) is 6.10 Å². The van der Waals surface area contributed by atoms with Crippen LogP contribution in [-0.4, -0.2) is 22.6 Å². The zero-order chi connectivity index (χ0) is 11.1. The van der Waals surface area contributed by atoms with Crippen LogP contribution in [0.2, 0.25) is 0 Å². The van der Waals surface area contributed by atoms with Gasteiger partial charge in [0.15, 0.2) is 0 Å². The molecule has 0 amide bonds. The van der Waals surface area contributed by atoms with Gasteiger partial charge < -0.3 is 10.1 Å². The fourth-order valence-corrected chi connectivity index (χ4v) is 1.04. The minimum absolute atomic E-state index is 0.193. The normalized spacial score (nSPS) is 12.2. The molecule has 15 heavy (non-hydrogen) atoms. The largest absolute Gasteiger partial charge is 0.475 e. The first-order valence-electron chi connectivity index (χ1n) is 5.48. The maximum atomic E-state index is 5.59. The van der Waals surface area contributed by atoms with E-state index in [1.807, 2.05) is 13.0 Å². The topological polar surface area (TPSA) is 47.0 Å². The van der Waals surface area contributed by atoms with Crippen LogP contribution in [0.15, 0.2) is 12.4 Å². The fourth-order valence-electron chi connectivity index (χ4n) is 1.04. The number of nitrogens with zero attached hydrogens (tertiary/aromatic N) is 2. The first-order valence-corrected chi connectivity index (χ1v) is 5.48. The zero-order valence-electron chi connectivity index (χ0n) is 9.66. The molecule has 0 aromatic carbocycles. The molecule has 0 aliphatic carbocycles. The minimum atomic E-state index is 0.193. The van der Waals surface area contributed by atoms with Crippen molar-refractivity contribution in [3.8, 4) is 5.88 Å². The van der Waals surface area contributed by atoms with E-state index in [1.165, 1.54) is 6.33 Å². The number of anilines is 1. The van der Waals surface area contributed by atoms with Crippen LogP contribution < -0.4 is 10.1 Å². The molecule has 0 radical (unpaired) electrons. The first-order chi connectivity index (χ1) is 7.26. The Labute approximate surface area is 91.1 Å². The molecular formula is C11H19N3O. The maximum Gasteiger partial charge on any atom is 0.218 e. The number of aromatic nitrogens is 2. The van der Waals surface area contributed by atoms with E-state index in [0.717, 1.165) is 25.2 Å². The Bertz CT molecular complexity index is 291. The number of nitrogens with one attached hydrogen (secondary N) is 1. The van der Waals surface area contributed by atoms with Crippen molar-refractivity contribution in [1.29, 1.82) is 0 Å². The highest BCUT2D eigenvalue weighted by Crippen LogP contribution is 2.13. The van der Waals surface area contributed by atoms with Crippen LogP contribution in [0.25, 0.3) is 0 Å². The first kappa shape index (κ1) is 11.8. The smallest absolute Gasteiger partial charge is 0.218 e. The molecule has 4 heteroatoms. The Balaban J connectivity index is 2.57. The van der Waals surface area contributed by atoms with Crippen molar-refractivity contribution in [1.82, 2.24) is 9.97 Å². The van der Waals surface area contributed by atoms with Gasteiger partial charge in [-0.15, -0.1) is 0 Å². The van der Waals surface area contributed by atoms with E-state index in [-0.39, 0.29) is 6.10 Å². The summed E-state index contributed by atoms with van der Waals surface area (Å²) in [6, 6.07) is 1.84. The van der Waals surface area contributed by atoms with Crippen molar-refractivity contribution in [2.45, 2.75) is 39.7 Å². The molecule has 0 spiro atoms. The van der Waals surface area contributed by atoms with Crippen molar-refractivity contribution in [3.05, 3.63) is 12.4 Å². The highest BCUT2D eigenvalue weighted by Gasteiger charge is 2.03. The second-order valence-corrected chi connectivity index (χ2v) is 3.50. The lowest BCUT2D eigenvalue weighted by Crippen LogP contribution is -2.11. The van der Waals surface area contributed by atoms with Crippen LogP contribution in [0.1, 0.15) is 33.6 Å². The molecule has 1 aromatic heterocycles. The third-order valence-electron chi connectivity index (χ3n) is 2.09. The van der Waals surface area contributed by atoms with E-state index in [1.54, 1.807) is 0 Å². The summed E-state index contributed by atoms with van der Waals surface area (Å²) in [7, 11) is 0. The van der Waals surface area contributed by atoms with Crippen molar-refractivity contribution in [2.24, 2.45) is 0 Å². The lowest BCUT2D eigenvalue weighted by atomic mass is 10.3. The third-order valence-corrected chi connectivity index (χ3v) is 2.09. The molecule has 1 unspecified atom stereocenters. The molecule has 84 valence electrons. The highest BCUT2D eigenvalue weighted by atomic mass is 16.5. The van der Waals surface area contributed by atoms with Crippen LogP contribution in [0.5, 0.6) is 5.88 Å². The Morgan fingerprint density at radius 2 is 2.20 bits per heavy atom. The maximum absolute atomic E-state index is 5.59. The monoisotopic (exact) mass is 209 g/mol. The summed E-state index contributed by atoms with van der Waals surface area (Å²) in [5.41, 5.74) is 0. The number of hydrogen-bond acceptors (Lipinski definition) is 4. The Morgan fingerprint density at radius 1 is 1.40 bits per heavy atom. The van der Waals surface area contributed by atoms with Crippen molar-refractivity contribution < 1.29 is 4.74 Å². The Kier molecular flexibility index (Phi) is 4.87. The van der Waals surface area contributed by atoms with Gasteiger partial charge in [-0.05, 0) is 19.8 Å². The van der Waals surface area contributed by atoms with Crippen LogP contribution in [-0.2, 0) is 0 Å². The summed E-state index contributed by atoms with van der Waals surface area (Å²) in [5, 5.41) is 3.19. The summed E-state index contributed by atoms with van der Waals surface area (Å²) in [4.78, 5) is 8.17. The molecule has 1 rings (SSSR count). The van der Waals surface area contributed by atoms with Gasteiger partial charge in [0, 0.05) is 12.6 Å². The van der Waals surface area contributed by atoms with E-state index in [2.05, 4.69) is 29.1 Å². The van der Waals surface area contributed by atoms with Gasteiger partial charge in [0.2, 0.25) is 5.88 Å². The molecule has 1 aromatic rings. The van der Waals surface area contributed by atoms with Gasteiger partial charge in [0.1, 0.15) is 12.1 Å². The molecular weight excluding hydrogens is 190 g/mol. The van der Waals surface area contributed by atoms with Gasteiger partial charge in [-0.1, -0.05) is 13.8 Å². The average Bonchev–Trinajstić information content (AvgIpc) is 2.26. The van der Waals surface area contributed by atoms with Gasteiger partial charge in [0.25, 0.3) is 0 Å². The van der Waals surface area contributed by atoms with E-state index in [9.17, 15) is 0 Å². The number of ether oxygens (including phenoxy) is 1. The average molecular weight is 209 g/mol. The third kappa shape index (κ3) is 4.14. The standard InChI is InChI=1S/C11H19N3O/c1-4-6-12-10-7-11(14-8-13-10)15-9(3)5-2/h7-9H,4-6H2,1-3H3,(H,12,13,14). The molecule has 1 heterocycles. The summed E-state index contributed by atoms with van der Waals surface area (Å²) < 4.78 is 5.59. The van der Waals surface area contributed by atoms with Gasteiger partial charge in [-0.2, -0.15) is 0 Å². The van der Waals surface area contributed by atoms with E-state index < -0.39 is 0 Å². The summed E-state index contributed by atoms with van der Waals surface area (Å²) in [5.74, 6) is 1.46. The minimum Gasteiger partial charge on any atom is -0.475 e. The van der Waals surface area contributed by atoms with Crippen molar-refractivity contribution in [3.63, 3.8) is 0 Å². The van der Waals surface area contributed by atoms with E-state index in [4.69, 9.17) is 4.74 Å². The predicted octanol–water partition coefficient (Wildman–Crippen LogP) is 2.48. The van der Waals surface area contributed by atoms with E-state index >= 15 is 0 Å².